The van der Waals surface area contributed by atoms with Gasteiger partial charge in [0.1, 0.15) is 12.4 Å². The fraction of sp³-hybridized carbons (Fsp3) is 0.0870. The molecule has 0 unspecified atom stereocenters. The first-order valence-corrected chi connectivity index (χ1v) is 9.45. The van der Waals surface area contributed by atoms with Gasteiger partial charge in [-0.25, -0.2) is 4.39 Å². The van der Waals surface area contributed by atoms with Crippen molar-refractivity contribution in [2.75, 3.05) is 7.11 Å². The van der Waals surface area contributed by atoms with E-state index in [2.05, 4.69) is 0 Å². The highest BCUT2D eigenvalue weighted by molar-refractivity contribution is 6.42. The predicted octanol–water partition coefficient (Wildman–Crippen LogP) is 6.62. The van der Waals surface area contributed by atoms with Crippen LogP contribution < -0.4 is 9.47 Å². The molecule has 0 heterocycles. The molecule has 3 aromatic rings. The maximum Gasteiger partial charge on any atom is 0.185 e. The van der Waals surface area contributed by atoms with Crippen LogP contribution in [0.5, 0.6) is 11.5 Å². The zero-order valence-electron chi connectivity index (χ0n) is 15.5. The summed E-state index contributed by atoms with van der Waals surface area (Å²) < 4.78 is 24.4. The van der Waals surface area contributed by atoms with Crippen molar-refractivity contribution in [2.24, 2.45) is 0 Å². The molecule has 148 valence electrons. The van der Waals surface area contributed by atoms with Gasteiger partial charge in [0.25, 0.3) is 0 Å². The Hall–Kier alpha value is -2.82. The lowest BCUT2D eigenvalue weighted by atomic mass is 10.1. The molecule has 0 amide bonds. The largest absolute Gasteiger partial charge is 0.493 e. The number of ketones is 1. The molecule has 0 aliphatic carbocycles. The minimum atomic E-state index is -0.392. The molecule has 0 N–H and O–H groups in total. The van der Waals surface area contributed by atoms with Crippen LogP contribution in [-0.4, -0.2) is 12.9 Å². The molecular formula is C23H17Cl2FO3. The summed E-state index contributed by atoms with van der Waals surface area (Å²) in [7, 11) is 1.54. The maximum atomic E-state index is 13.0. The monoisotopic (exact) mass is 430 g/mol. The third kappa shape index (κ3) is 5.37. The third-order valence-corrected chi connectivity index (χ3v) is 4.88. The Balaban J connectivity index is 1.82. The van der Waals surface area contributed by atoms with Gasteiger partial charge in [0.2, 0.25) is 0 Å². The van der Waals surface area contributed by atoms with Crippen molar-refractivity contribution < 1.29 is 18.7 Å². The van der Waals surface area contributed by atoms with E-state index in [1.165, 1.54) is 30.3 Å². The average Bonchev–Trinajstić information content (AvgIpc) is 2.73. The summed E-state index contributed by atoms with van der Waals surface area (Å²) in [5.41, 5.74) is 1.89. The number of halogens is 3. The van der Waals surface area contributed by atoms with Gasteiger partial charge in [-0.1, -0.05) is 41.4 Å². The summed E-state index contributed by atoms with van der Waals surface area (Å²) in [6.07, 6.45) is 3.05. The fourth-order valence-corrected chi connectivity index (χ4v) is 2.96. The van der Waals surface area contributed by atoms with E-state index in [1.807, 2.05) is 6.07 Å². The van der Waals surface area contributed by atoms with Crippen LogP contribution in [0.15, 0.2) is 66.7 Å². The molecule has 3 aromatic carbocycles. The first-order valence-electron chi connectivity index (χ1n) is 8.69. The highest BCUT2D eigenvalue weighted by Crippen LogP contribution is 2.33. The van der Waals surface area contributed by atoms with E-state index < -0.39 is 5.82 Å². The Kier molecular flexibility index (Phi) is 6.91. The Morgan fingerprint density at radius 3 is 2.48 bits per heavy atom. The first kappa shape index (κ1) is 20.9. The van der Waals surface area contributed by atoms with Gasteiger partial charge in [-0.15, -0.1) is 0 Å². The van der Waals surface area contributed by atoms with Gasteiger partial charge in [0.05, 0.1) is 17.2 Å². The van der Waals surface area contributed by atoms with Crippen molar-refractivity contribution in [1.82, 2.24) is 0 Å². The summed E-state index contributed by atoms with van der Waals surface area (Å²) in [4.78, 5) is 12.3. The highest BCUT2D eigenvalue weighted by Gasteiger charge is 2.11. The molecule has 3 nitrogen and oxygen atoms in total. The number of carbonyl (C=O) groups is 1. The lowest BCUT2D eigenvalue weighted by Gasteiger charge is -2.14. The molecule has 0 spiro atoms. The number of rotatable bonds is 7. The number of benzene rings is 3. The van der Waals surface area contributed by atoms with Gasteiger partial charge >= 0.3 is 0 Å². The molecule has 0 aromatic heterocycles. The molecule has 0 aliphatic rings. The fourth-order valence-electron chi connectivity index (χ4n) is 2.64. The molecule has 0 radical (unpaired) electrons. The lowest BCUT2D eigenvalue weighted by molar-refractivity contribution is 0.104. The number of allylic oxidation sites excluding steroid dienone is 1. The van der Waals surface area contributed by atoms with E-state index in [0.717, 1.165) is 5.56 Å². The minimum Gasteiger partial charge on any atom is -0.493 e. The molecule has 0 saturated heterocycles. The molecule has 0 atom stereocenters. The van der Waals surface area contributed by atoms with Crippen LogP contribution in [0.1, 0.15) is 21.5 Å². The highest BCUT2D eigenvalue weighted by atomic mass is 35.5. The summed E-state index contributed by atoms with van der Waals surface area (Å²) >= 11 is 12.0. The molecular weight excluding hydrogens is 414 g/mol. The predicted molar refractivity (Wildman–Crippen MR) is 114 cm³/mol. The van der Waals surface area contributed by atoms with Crippen LogP contribution in [0.3, 0.4) is 0 Å². The van der Waals surface area contributed by atoms with E-state index in [1.54, 1.807) is 43.5 Å². The molecule has 29 heavy (non-hydrogen) atoms. The molecule has 0 fully saturated rings. The van der Waals surface area contributed by atoms with Crippen molar-refractivity contribution in [3.63, 3.8) is 0 Å². The van der Waals surface area contributed by atoms with Crippen LogP contribution in [-0.2, 0) is 6.61 Å². The number of carbonyl (C=O) groups excluding carboxylic acids is 1. The van der Waals surface area contributed by atoms with Gasteiger partial charge in [-0.2, -0.15) is 0 Å². The van der Waals surface area contributed by atoms with Crippen molar-refractivity contribution in [2.45, 2.75) is 6.61 Å². The second-order valence-electron chi connectivity index (χ2n) is 6.12. The van der Waals surface area contributed by atoms with Gasteiger partial charge in [0, 0.05) is 11.1 Å². The van der Waals surface area contributed by atoms with Gasteiger partial charge in [-0.3, -0.25) is 4.79 Å². The normalized spacial score (nSPS) is 10.9. The number of hydrogen-bond acceptors (Lipinski definition) is 3. The number of ether oxygens (including phenoxy) is 2. The second-order valence-corrected chi connectivity index (χ2v) is 6.93. The van der Waals surface area contributed by atoms with Crippen molar-refractivity contribution in [1.29, 1.82) is 0 Å². The molecule has 6 heteroatoms. The molecule has 3 rings (SSSR count). The van der Waals surface area contributed by atoms with Crippen LogP contribution in [0.2, 0.25) is 10.0 Å². The second kappa shape index (κ2) is 9.59. The molecule has 0 bridgehead atoms. The summed E-state index contributed by atoms with van der Waals surface area (Å²) in [5, 5.41) is 0.911. The van der Waals surface area contributed by atoms with Crippen LogP contribution in [0.25, 0.3) is 6.08 Å². The smallest absolute Gasteiger partial charge is 0.185 e. The van der Waals surface area contributed by atoms with E-state index >= 15 is 0 Å². The lowest BCUT2D eigenvalue weighted by Crippen LogP contribution is -2.00. The first-order chi connectivity index (χ1) is 14.0. The van der Waals surface area contributed by atoms with Crippen molar-refractivity contribution >= 4 is 35.1 Å². The zero-order valence-corrected chi connectivity index (χ0v) is 17.0. The Morgan fingerprint density at radius 2 is 1.79 bits per heavy atom. The van der Waals surface area contributed by atoms with E-state index in [-0.39, 0.29) is 12.4 Å². The number of hydrogen-bond donors (Lipinski definition) is 0. The van der Waals surface area contributed by atoms with Crippen molar-refractivity contribution in [3.8, 4) is 11.5 Å². The number of methoxy groups -OCH3 is 1. The van der Waals surface area contributed by atoms with Crippen LogP contribution >= 0.6 is 23.2 Å². The topological polar surface area (TPSA) is 35.5 Å². The van der Waals surface area contributed by atoms with Gasteiger partial charge < -0.3 is 9.47 Å². The van der Waals surface area contributed by atoms with E-state index in [4.69, 9.17) is 32.7 Å². The summed E-state index contributed by atoms with van der Waals surface area (Å²) in [6.45, 7) is 0.240. The Labute approximate surface area is 178 Å². The quantitative estimate of drug-likeness (QED) is 0.312. The molecule has 0 aliphatic heterocycles. The Bertz CT molecular complexity index is 1050. The van der Waals surface area contributed by atoms with Gasteiger partial charge in [-0.05, 0) is 60.2 Å². The minimum absolute atomic E-state index is 0.240. The third-order valence-electron chi connectivity index (χ3n) is 4.14. The van der Waals surface area contributed by atoms with E-state index in [9.17, 15) is 9.18 Å². The zero-order chi connectivity index (χ0) is 20.8. The van der Waals surface area contributed by atoms with Crippen LogP contribution in [0, 0.1) is 5.82 Å². The van der Waals surface area contributed by atoms with E-state index in [0.29, 0.717) is 32.7 Å². The SMILES string of the molecule is COc1cccc(/C=C/C(=O)c2ccc(F)cc2)c1OCc1ccc(Cl)c(Cl)c1. The summed E-state index contributed by atoms with van der Waals surface area (Å²) in [5.74, 6) is 0.380. The van der Waals surface area contributed by atoms with Crippen LogP contribution in [0.4, 0.5) is 4.39 Å². The standard InChI is InChI=1S/C23H17Cl2FO3/c1-28-22-4-2-3-17(8-12-21(27)16-6-9-18(26)10-7-16)23(22)29-14-15-5-11-19(24)20(25)13-15/h2-13H,14H2,1H3/b12-8+. The average molecular weight is 431 g/mol. The maximum absolute atomic E-state index is 13.0. The Morgan fingerprint density at radius 1 is 1.03 bits per heavy atom. The summed E-state index contributed by atoms with van der Waals surface area (Å²) in [6, 6.07) is 16.0. The van der Waals surface area contributed by atoms with Gasteiger partial charge in [0.15, 0.2) is 17.3 Å². The number of para-hydroxylation sites is 1. The van der Waals surface area contributed by atoms with Crippen molar-refractivity contribution in [3.05, 3.63) is 99.3 Å². The molecule has 0 saturated carbocycles.